The first kappa shape index (κ1) is 26.5. The Bertz CT molecular complexity index is 971. The van der Waals surface area contributed by atoms with Crippen molar-refractivity contribution in [3.63, 3.8) is 0 Å². The van der Waals surface area contributed by atoms with Gasteiger partial charge in [0.2, 0.25) is 5.91 Å². The Morgan fingerprint density at radius 3 is 2.65 bits per heavy atom. The Morgan fingerprint density at radius 1 is 1.09 bits per heavy atom. The van der Waals surface area contributed by atoms with Crippen molar-refractivity contribution < 1.29 is 4.79 Å². The number of halogens is 1. The summed E-state index contributed by atoms with van der Waals surface area (Å²) in [5.74, 6) is 1.85. The zero-order valence-corrected chi connectivity index (χ0v) is 22.7. The number of guanidine groups is 1. The number of piperidine rings is 1. The number of amides is 1. The molecule has 2 aliphatic rings. The number of anilines is 1. The predicted octanol–water partition coefficient (Wildman–Crippen LogP) is 4.72. The van der Waals surface area contributed by atoms with Gasteiger partial charge in [0.1, 0.15) is 0 Å². The molecule has 2 aliphatic heterocycles. The number of hydrogen-bond acceptors (Lipinski definition) is 3. The lowest BCUT2D eigenvalue weighted by molar-refractivity contribution is -0.116. The van der Waals surface area contributed by atoms with E-state index < -0.39 is 0 Å². The number of nitrogens with one attached hydrogen (secondary N) is 3. The maximum atomic E-state index is 12.1. The molecule has 2 aromatic rings. The van der Waals surface area contributed by atoms with Gasteiger partial charge in [-0.05, 0) is 61.5 Å². The number of carbonyl (C=O) groups excluding carboxylic acids is 1. The average Bonchev–Trinajstić information content (AvgIpc) is 2.82. The highest BCUT2D eigenvalue weighted by molar-refractivity contribution is 14.0. The Morgan fingerprint density at radius 2 is 1.85 bits per heavy atom. The molecule has 0 aromatic heterocycles. The van der Waals surface area contributed by atoms with Crippen LogP contribution in [0.4, 0.5) is 5.69 Å². The highest BCUT2D eigenvalue weighted by atomic mass is 127. The molecule has 1 unspecified atom stereocenters. The van der Waals surface area contributed by atoms with Crippen LogP contribution in [0.25, 0.3) is 0 Å². The molecule has 0 spiro atoms. The second-order valence-corrected chi connectivity index (χ2v) is 9.39. The van der Waals surface area contributed by atoms with Crippen molar-refractivity contribution in [2.45, 2.75) is 52.1 Å². The smallest absolute Gasteiger partial charge is 0.225 e. The fraction of sp³-hybridized carbons (Fsp3) is 0.481. The van der Waals surface area contributed by atoms with E-state index in [1.165, 1.54) is 42.6 Å². The van der Waals surface area contributed by atoms with E-state index in [0.717, 1.165) is 30.7 Å². The third kappa shape index (κ3) is 7.43. The lowest BCUT2D eigenvalue weighted by Gasteiger charge is -2.30. The Kier molecular flexibility index (Phi) is 10.2. The molecule has 4 rings (SSSR count). The van der Waals surface area contributed by atoms with Crippen LogP contribution < -0.4 is 16.0 Å². The Labute approximate surface area is 221 Å². The lowest BCUT2D eigenvalue weighted by atomic mass is 9.90. The summed E-state index contributed by atoms with van der Waals surface area (Å²) in [6, 6.07) is 16.9. The number of para-hydroxylation sites is 1. The Hall–Kier alpha value is -2.13. The van der Waals surface area contributed by atoms with E-state index in [-0.39, 0.29) is 35.8 Å². The number of rotatable bonds is 7. The van der Waals surface area contributed by atoms with Crippen LogP contribution in [0.2, 0.25) is 0 Å². The molecule has 1 amide bonds. The predicted molar refractivity (Wildman–Crippen MR) is 151 cm³/mol. The molecule has 6 nitrogen and oxygen atoms in total. The highest BCUT2D eigenvalue weighted by Gasteiger charge is 2.24. The van der Waals surface area contributed by atoms with Crippen LogP contribution in [0.5, 0.6) is 0 Å². The number of carbonyl (C=O) groups is 1. The molecule has 184 valence electrons. The molecule has 0 saturated carbocycles. The normalized spacial score (nSPS) is 19.1. The van der Waals surface area contributed by atoms with Crippen molar-refractivity contribution in [3.05, 3.63) is 65.2 Å². The zero-order chi connectivity index (χ0) is 23.0. The van der Waals surface area contributed by atoms with Gasteiger partial charge in [0.05, 0.1) is 6.54 Å². The maximum Gasteiger partial charge on any atom is 0.225 e. The summed E-state index contributed by atoms with van der Waals surface area (Å²) in [4.78, 5) is 19.5. The minimum Gasteiger partial charge on any atom is -0.357 e. The van der Waals surface area contributed by atoms with E-state index >= 15 is 0 Å². The van der Waals surface area contributed by atoms with E-state index in [0.29, 0.717) is 19.5 Å². The van der Waals surface area contributed by atoms with Crippen molar-refractivity contribution >= 4 is 41.5 Å². The first-order valence-electron chi connectivity index (χ1n) is 12.3. The number of nitrogens with zero attached hydrogens (tertiary/aromatic N) is 2. The quantitative estimate of drug-likeness (QED) is 0.254. The van der Waals surface area contributed by atoms with Gasteiger partial charge in [0.25, 0.3) is 0 Å². The number of fused-ring (bicyclic) bond motifs is 1. The fourth-order valence-electron chi connectivity index (χ4n) is 4.72. The molecule has 7 heteroatoms. The van der Waals surface area contributed by atoms with Crippen molar-refractivity contribution in [1.29, 1.82) is 0 Å². The minimum absolute atomic E-state index is 0. The largest absolute Gasteiger partial charge is 0.357 e. The van der Waals surface area contributed by atoms with Gasteiger partial charge in [-0.3, -0.25) is 9.69 Å². The summed E-state index contributed by atoms with van der Waals surface area (Å²) in [7, 11) is 0. The third-order valence-corrected chi connectivity index (χ3v) is 6.66. The van der Waals surface area contributed by atoms with Crippen molar-refractivity contribution in [2.24, 2.45) is 10.9 Å². The molecular formula is C27H38IN5O. The summed E-state index contributed by atoms with van der Waals surface area (Å²) in [5, 5.41) is 9.77. The van der Waals surface area contributed by atoms with E-state index in [9.17, 15) is 4.79 Å². The van der Waals surface area contributed by atoms with Gasteiger partial charge in [-0.1, -0.05) is 49.4 Å². The fourth-order valence-corrected chi connectivity index (χ4v) is 4.72. The van der Waals surface area contributed by atoms with E-state index in [1.807, 2.05) is 18.2 Å². The van der Waals surface area contributed by atoms with Crippen molar-refractivity contribution in [1.82, 2.24) is 15.5 Å². The number of aliphatic imine (C=N–C) groups is 1. The zero-order valence-electron chi connectivity index (χ0n) is 20.3. The summed E-state index contributed by atoms with van der Waals surface area (Å²) in [6.45, 7) is 9.92. The van der Waals surface area contributed by atoms with Crippen LogP contribution in [-0.4, -0.2) is 42.9 Å². The third-order valence-electron chi connectivity index (χ3n) is 6.66. The van der Waals surface area contributed by atoms with Crippen LogP contribution in [0, 0.1) is 5.92 Å². The minimum atomic E-state index is 0. The van der Waals surface area contributed by atoms with Crippen LogP contribution >= 0.6 is 24.0 Å². The van der Waals surface area contributed by atoms with Gasteiger partial charge in [0.15, 0.2) is 5.96 Å². The van der Waals surface area contributed by atoms with Gasteiger partial charge in [0, 0.05) is 37.7 Å². The second-order valence-electron chi connectivity index (χ2n) is 9.39. The maximum absolute atomic E-state index is 12.1. The van der Waals surface area contributed by atoms with E-state index in [4.69, 9.17) is 4.99 Å². The second kappa shape index (κ2) is 13.1. The first-order chi connectivity index (χ1) is 16.1. The van der Waals surface area contributed by atoms with Gasteiger partial charge in [-0.2, -0.15) is 0 Å². The van der Waals surface area contributed by atoms with Crippen molar-refractivity contribution in [3.8, 4) is 0 Å². The molecule has 3 N–H and O–H groups in total. The standard InChI is InChI=1S/C27H37N5O.HI/c1-3-28-27(30-18-23-16-26(33)31-25-10-5-4-9-24(23)25)29-17-21-7-6-8-22(15-21)19-32-13-11-20(2)12-14-32;/h4-10,15,20,23H,3,11-14,16-19H2,1-2H3,(H,31,33)(H2,28,29,30);1H. The van der Waals surface area contributed by atoms with E-state index in [1.54, 1.807) is 0 Å². The molecule has 2 aromatic carbocycles. The number of likely N-dealkylation sites (tertiary alicyclic amines) is 1. The monoisotopic (exact) mass is 575 g/mol. The molecule has 2 heterocycles. The summed E-state index contributed by atoms with van der Waals surface area (Å²) in [6.07, 6.45) is 3.09. The molecule has 0 bridgehead atoms. The molecule has 1 fully saturated rings. The average molecular weight is 576 g/mol. The lowest BCUT2D eigenvalue weighted by Crippen LogP contribution is -2.40. The van der Waals surface area contributed by atoms with Gasteiger partial charge >= 0.3 is 0 Å². The van der Waals surface area contributed by atoms with E-state index in [2.05, 4.69) is 65.0 Å². The molecule has 0 aliphatic carbocycles. The Balaban J connectivity index is 0.00000324. The van der Waals surface area contributed by atoms with Gasteiger partial charge < -0.3 is 16.0 Å². The SMILES string of the molecule is CCNC(=NCc1cccc(CN2CCC(C)CC2)c1)NCC1CC(=O)Nc2ccccc21.I. The van der Waals surface area contributed by atoms with Gasteiger partial charge in [-0.25, -0.2) is 4.99 Å². The molecule has 1 atom stereocenters. The summed E-state index contributed by atoms with van der Waals surface area (Å²) < 4.78 is 0. The highest BCUT2D eigenvalue weighted by Crippen LogP contribution is 2.31. The van der Waals surface area contributed by atoms with Crippen molar-refractivity contribution in [2.75, 3.05) is 31.5 Å². The van der Waals surface area contributed by atoms with Crippen LogP contribution in [0.1, 0.15) is 55.7 Å². The molecule has 1 saturated heterocycles. The topological polar surface area (TPSA) is 68.8 Å². The van der Waals surface area contributed by atoms with Crippen LogP contribution in [-0.2, 0) is 17.9 Å². The molecular weight excluding hydrogens is 537 g/mol. The summed E-state index contributed by atoms with van der Waals surface area (Å²) >= 11 is 0. The number of hydrogen-bond donors (Lipinski definition) is 3. The van der Waals surface area contributed by atoms with Crippen LogP contribution in [0.3, 0.4) is 0 Å². The van der Waals surface area contributed by atoms with Crippen LogP contribution in [0.15, 0.2) is 53.5 Å². The summed E-state index contributed by atoms with van der Waals surface area (Å²) in [5.41, 5.74) is 4.68. The molecule has 34 heavy (non-hydrogen) atoms. The number of benzene rings is 2. The molecule has 0 radical (unpaired) electrons. The first-order valence-corrected chi connectivity index (χ1v) is 12.3. The van der Waals surface area contributed by atoms with Gasteiger partial charge in [-0.15, -0.1) is 24.0 Å².